The standard InChI is InChI=1S/C13H26N2O5S/c1-4-20-12(17)11-6-5-8-15(11)21(18,19)14-10-13(2,3)7-9-16/h11,14,16H,4-10H2,1-3H3. The molecule has 0 spiro atoms. The fraction of sp³-hybridized carbons (Fsp3) is 0.923. The van der Waals surface area contributed by atoms with Gasteiger partial charge in [-0.1, -0.05) is 13.8 Å². The molecule has 0 amide bonds. The highest BCUT2D eigenvalue weighted by molar-refractivity contribution is 7.87. The first-order chi connectivity index (χ1) is 9.73. The molecule has 1 aliphatic heterocycles. The third-order valence-corrected chi connectivity index (χ3v) is 5.16. The molecule has 0 aliphatic carbocycles. The van der Waals surface area contributed by atoms with Gasteiger partial charge in [0.05, 0.1) is 6.61 Å². The molecule has 124 valence electrons. The predicted octanol–water partition coefficient (Wildman–Crippen LogP) is 0.257. The second-order valence-corrected chi connectivity index (χ2v) is 7.69. The van der Waals surface area contributed by atoms with Crippen LogP contribution < -0.4 is 4.72 Å². The van der Waals surface area contributed by atoms with Crippen molar-refractivity contribution < 1.29 is 23.1 Å². The molecule has 1 aliphatic rings. The van der Waals surface area contributed by atoms with Gasteiger partial charge in [-0.3, -0.25) is 4.79 Å². The number of carbonyl (C=O) groups excluding carboxylic acids is 1. The third-order valence-electron chi connectivity index (χ3n) is 3.59. The second kappa shape index (κ2) is 7.53. The SMILES string of the molecule is CCOC(=O)C1CCCN1S(=O)(=O)NCC(C)(C)CCO. The number of aliphatic hydroxyl groups is 1. The number of nitrogens with zero attached hydrogens (tertiary/aromatic N) is 1. The van der Waals surface area contributed by atoms with Gasteiger partial charge in [-0.15, -0.1) is 0 Å². The van der Waals surface area contributed by atoms with E-state index in [1.807, 2.05) is 13.8 Å². The molecule has 0 bridgehead atoms. The molecule has 0 aromatic rings. The number of esters is 1. The molecule has 1 atom stereocenters. The molecule has 0 aromatic carbocycles. The highest BCUT2D eigenvalue weighted by Gasteiger charge is 2.39. The van der Waals surface area contributed by atoms with E-state index in [0.717, 1.165) is 0 Å². The molecular formula is C13H26N2O5S. The normalized spacial score (nSPS) is 20.7. The number of hydrogen-bond acceptors (Lipinski definition) is 5. The summed E-state index contributed by atoms with van der Waals surface area (Å²) in [5, 5.41) is 8.97. The van der Waals surface area contributed by atoms with Gasteiger partial charge in [-0.2, -0.15) is 12.7 Å². The van der Waals surface area contributed by atoms with Gasteiger partial charge in [-0.25, -0.2) is 4.72 Å². The molecule has 7 nitrogen and oxygen atoms in total. The summed E-state index contributed by atoms with van der Waals surface area (Å²) in [6, 6.07) is -0.733. The summed E-state index contributed by atoms with van der Waals surface area (Å²) in [5.74, 6) is -0.491. The highest BCUT2D eigenvalue weighted by Crippen LogP contribution is 2.23. The Morgan fingerprint density at radius 1 is 1.48 bits per heavy atom. The Hall–Kier alpha value is -0.700. The van der Waals surface area contributed by atoms with E-state index in [1.165, 1.54) is 4.31 Å². The van der Waals surface area contributed by atoms with Crippen LogP contribution in [0.3, 0.4) is 0 Å². The number of carbonyl (C=O) groups is 1. The van der Waals surface area contributed by atoms with Crippen LogP contribution >= 0.6 is 0 Å². The molecule has 1 heterocycles. The topological polar surface area (TPSA) is 95.9 Å². The largest absolute Gasteiger partial charge is 0.465 e. The smallest absolute Gasteiger partial charge is 0.324 e. The summed E-state index contributed by atoms with van der Waals surface area (Å²) in [7, 11) is -3.72. The predicted molar refractivity (Wildman–Crippen MR) is 78.8 cm³/mol. The molecule has 0 saturated carbocycles. The molecule has 1 rings (SSSR count). The van der Waals surface area contributed by atoms with Crippen molar-refractivity contribution in [3.8, 4) is 0 Å². The van der Waals surface area contributed by atoms with Crippen LogP contribution in [0.15, 0.2) is 0 Å². The van der Waals surface area contributed by atoms with Gasteiger partial charge >= 0.3 is 5.97 Å². The molecule has 0 aromatic heterocycles. The average molecular weight is 322 g/mol. The van der Waals surface area contributed by atoms with Crippen LogP contribution in [0.4, 0.5) is 0 Å². The number of ether oxygens (including phenoxy) is 1. The third kappa shape index (κ3) is 5.21. The van der Waals surface area contributed by atoms with E-state index in [-0.39, 0.29) is 25.2 Å². The van der Waals surface area contributed by atoms with Crippen LogP contribution in [0.2, 0.25) is 0 Å². The van der Waals surface area contributed by atoms with E-state index in [9.17, 15) is 13.2 Å². The van der Waals surface area contributed by atoms with E-state index in [2.05, 4.69) is 4.72 Å². The summed E-state index contributed by atoms with van der Waals surface area (Å²) in [6.07, 6.45) is 1.63. The quantitative estimate of drug-likeness (QED) is 0.625. The first-order valence-corrected chi connectivity index (χ1v) is 8.71. The van der Waals surface area contributed by atoms with E-state index in [0.29, 0.717) is 25.8 Å². The molecular weight excluding hydrogens is 296 g/mol. The molecule has 1 unspecified atom stereocenters. The van der Waals surface area contributed by atoms with Crippen molar-refractivity contribution in [2.24, 2.45) is 5.41 Å². The summed E-state index contributed by atoms with van der Waals surface area (Å²) in [4.78, 5) is 11.8. The molecule has 0 radical (unpaired) electrons. The van der Waals surface area contributed by atoms with Crippen LogP contribution in [0.1, 0.15) is 40.0 Å². The average Bonchev–Trinajstić information content (AvgIpc) is 2.87. The lowest BCUT2D eigenvalue weighted by molar-refractivity contribution is -0.146. The van der Waals surface area contributed by atoms with Gasteiger partial charge in [0.15, 0.2) is 0 Å². The Balaban J connectivity index is 2.70. The number of nitrogens with one attached hydrogen (secondary N) is 1. The molecule has 2 N–H and O–H groups in total. The fourth-order valence-electron chi connectivity index (χ4n) is 2.26. The first kappa shape index (κ1) is 18.3. The zero-order valence-corrected chi connectivity index (χ0v) is 13.8. The van der Waals surface area contributed by atoms with Gasteiger partial charge in [0, 0.05) is 19.7 Å². The minimum Gasteiger partial charge on any atom is -0.465 e. The minimum atomic E-state index is -3.72. The summed E-state index contributed by atoms with van der Waals surface area (Å²) in [6.45, 7) is 6.21. The molecule has 8 heteroatoms. The maximum absolute atomic E-state index is 12.3. The van der Waals surface area contributed by atoms with Crippen LogP contribution in [-0.4, -0.2) is 56.1 Å². The Bertz CT molecular complexity index is 449. The first-order valence-electron chi connectivity index (χ1n) is 7.27. The minimum absolute atomic E-state index is 0.00386. The summed E-state index contributed by atoms with van der Waals surface area (Å²) < 4.78 is 33.3. The van der Waals surface area contributed by atoms with E-state index >= 15 is 0 Å². The number of aliphatic hydroxyl groups excluding tert-OH is 1. The number of hydrogen-bond donors (Lipinski definition) is 2. The van der Waals surface area contributed by atoms with Gasteiger partial charge in [-0.05, 0) is 31.6 Å². The lowest BCUT2D eigenvalue weighted by Gasteiger charge is -2.27. The van der Waals surface area contributed by atoms with Crippen LogP contribution in [-0.2, 0) is 19.7 Å². The monoisotopic (exact) mass is 322 g/mol. The van der Waals surface area contributed by atoms with Crippen LogP contribution in [0, 0.1) is 5.41 Å². The van der Waals surface area contributed by atoms with Gasteiger partial charge in [0.2, 0.25) is 0 Å². The van der Waals surface area contributed by atoms with E-state index in [1.54, 1.807) is 6.92 Å². The zero-order valence-electron chi connectivity index (χ0n) is 13.0. The Morgan fingerprint density at radius 3 is 2.71 bits per heavy atom. The summed E-state index contributed by atoms with van der Waals surface area (Å²) in [5.41, 5.74) is -0.346. The van der Waals surface area contributed by atoms with Gasteiger partial charge in [0.1, 0.15) is 6.04 Å². The van der Waals surface area contributed by atoms with Crippen molar-refractivity contribution in [1.29, 1.82) is 0 Å². The van der Waals surface area contributed by atoms with Crippen LogP contribution in [0.25, 0.3) is 0 Å². The second-order valence-electron chi connectivity index (χ2n) is 5.98. The van der Waals surface area contributed by atoms with E-state index < -0.39 is 22.2 Å². The zero-order chi connectivity index (χ0) is 16.1. The Morgan fingerprint density at radius 2 is 2.14 bits per heavy atom. The van der Waals surface area contributed by atoms with Crippen molar-refractivity contribution in [2.45, 2.75) is 46.1 Å². The highest BCUT2D eigenvalue weighted by atomic mass is 32.2. The maximum atomic E-state index is 12.3. The van der Waals surface area contributed by atoms with E-state index in [4.69, 9.17) is 9.84 Å². The lowest BCUT2D eigenvalue weighted by Crippen LogP contribution is -2.49. The van der Waals surface area contributed by atoms with Crippen molar-refractivity contribution in [3.63, 3.8) is 0 Å². The molecule has 21 heavy (non-hydrogen) atoms. The summed E-state index contributed by atoms with van der Waals surface area (Å²) >= 11 is 0. The fourth-order valence-corrected chi connectivity index (χ4v) is 3.90. The Kier molecular flexibility index (Phi) is 6.58. The van der Waals surface area contributed by atoms with Crippen molar-refractivity contribution in [2.75, 3.05) is 26.3 Å². The maximum Gasteiger partial charge on any atom is 0.324 e. The lowest BCUT2D eigenvalue weighted by atomic mass is 9.90. The number of rotatable bonds is 8. The molecule has 1 saturated heterocycles. The van der Waals surface area contributed by atoms with Gasteiger partial charge < -0.3 is 9.84 Å². The van der Waals surface area contributed by atoms with Crippen molar-refractivity contribution in [1.82, 2.24) is 9.03 Å². The van der Waals surface area contributed by atoms with Crippen LogP contribution in [0.5, 0.6) is 0 Å². The van der Waals surface area contributed by atoms with Gasteiger partial charge in [0.25, 0.3) is 10.2 Å². The molecule has 1 fully saturated rings. The van der Waals surface area contributed by atoms with Crippen molar-refractivity contribution >= 4 is 16.2 Å². The van der Waals surface area contributed by atoms with Crippen molar-refractivity contribution in [3.05, 3.63) is 0 Å². The Labute approximate surface area is 126 Å².